The molecule has 18 heavy (non-hydrogen) atoms. The Bertz CT molecular complexity index is 475. The van der Waals surface area contributed by atoms with E-state index in [1.165, 1.54) is 6.42 Å². The summed E-state index contributed by atoms with van der Waals surface area (Å²) in [6, 6.07) is 5.99. The topological polar surface area (TPSA) is 61.8 Å². The number of halogens is 1. The molecule has 1 saturated heterocycles. The SMILES string of the molecule is CC1CC(C)N(c2ccc(/C(N)=N/O)cc2Cl)C1. The van der Waals surface area contributed by atoms with Crippen LogP contribution in [0.4, 0.5) is 5.69 Å². The zero-order chi connectivity index (χ0) is 13.3. The highest BCUT2D eigenvalue weighted by molar-refractivity contribution is 6.33. The van der Waals surface area contributed by atoms with Gasteiger partial charge in [0, 0.05) is 18.2 Å². The van der Waals surface area contributed by atoms with Gasteiger partial charge in [-0.3, -0.25) is 0 Å². The molecule has 1 aliphatic rings. The van der Waals surface area contributed by atoms with Crippen LogP contribution in [0.3, 0.4) is 0 Å². The second-order valence-electron chi connectivity index (χ2n) is 4.99. The fourth-order valence-corrected chi connectivity index (χ4v) is 2.88. The predicted octanol–water partition coefficient (Wildman–Crippen LogP) is 2.67. The van der Waals surface area contributed by atoms with Crippen molar-refractivity contribution in [2.24, 2.45) is 16.8 Å². The molecule has 0 aromatic heterocycles. The zero-order valence-corrected chi connectivity index (χ0v) is 11.4. The molecular formula is C13H18ClN3O. The Balaban J connectivity index is 2.30. The summed E-state index contributed by atoms with van der Waals surface area (Å²) < 4.78 is 0. The van der Waals surface area contributed by atoms with Gasteiger partial charge in [0.15, 0.2) is 5.84 Å². The highest BCUT2D eigenvalue weighted by atomic mass is 35.5. The minimum Gasteiger partial charge on any atom is -0.409 e. The molecule has 1 aliphatic heterocycles. The van der Waals surface area contributed by atoms with Gasteiger partial charge in [-0.25, -0.2) is 0 Å². The number of amidine groups is 1. The lowest BCUT2D eigenvalue weighted by atomic mass is 10.1. The monoisotopic (exact) mass is 267 g/mol. The molecule has 2 unspecified atom stereocenters. The van der Waals surface area contributed by atoms with Gasteiger partial charge in [0.25, 0.3) is 0 Å². The molecule has 0 saturated carbocycles. The third-order valence-corrected chi connectivity index (χ3v) is 3.75. The first-order valence-corrected chi connectivity index (χ1v) is 6.44. The predicted molar refractivity (Wildman–Crippen MR) is 74.6 cm³/mol. The molecule has 1 fully saturated rings. The molecule has 1 aromatic carbocycles. The maximum atomic E-state index is 8.65. The number of benzene rings is 1. The Morgan fingerprint density at radius 3 is 2.72 bits per heavy atom. The summed E-state index contributed by atoms with van der Waals surface area (Å²) >= 11 is 6.29. The number of hydrogen-bond donors (Lipinski definition) is 2. The maximum absolute atomic E-state index is 8.65. The fraction of sp³-hybridized carbons (Fsp3) is 0.462. The Morgan fingerprint density at radius 1 is 1.50 bits per heavy atom. The standard InChI is InChI=1S/C13H18ClN3O/c1-8-5-9(2)17(7-8)12-4-3-10(6-11(12)14)13(15)16-18/h3-4,6,8-9,18H,5,7H2,1-2H3,(H2,15,16). The van der Waals surface area contributed by atoms with Gasteiger partial charge in [0.1, 0.15) is 0 Å². The summed E-state index contributed by atoms with van der Waals surface area (Å²) in [6.07, 6.45) is 1.18. The van der Waals surface area contributed by atoms with E-state index in [0.717, 1.165) is 12.2 Å². The molecule has 98 valence electrons. The first-order valence-electron chi connectivity index (χ1n) is 6.07. The average Bonchev–Trinajstić information content (AvgIpc) is 2.67. The van der Waals surface area contributed by atoms with Gasteiger partial charge in [-0.1, -0.05) is 23.7 Å². The van der Waals surface area contributed by atoms with Crippen molar-refractivity contribution in [3.05, 3.63) is 28.8 Å². The number of nitrogens with two attached hydrogens (primary N) is 1. The molecule has 5 heteroatoms. The summed E-state index contributed by atoms with van der Waals surface area (Å²) in [4.78, 5) is 2.31. The van der Waals surface area contributed by atoms with Crippen LogP contribution in [-0.4, -0.2) is 23.6 Å². The minimum atomic E-state index is 0.0753. The quantitative estimate of drug-likeness (QED) is 0.375. The summed E-state index contributed by atoms with van der Waals surface area (Å²) in [6.45, 7) is 5.47. The maximum Gasteiger partial charge on any atom is 0.170 e. The van der Waals surface area contributed by atoms with Crippen LogP contribution in [-0.2, 0) is 0 Å². The molecule has 0 radical (unpaired) electrons. The van der Waals surface area contributed by atoms with Crippen LogP contribution < -0.4 is 10.6 Å². The van der Waals surface area contributed by atoms with E-state index in [1.54, 1.807) is 6.07 Å². The lowest BCUT2D eigenvalue weighted by Crippen LogP contribution is -2.27. The number of rotatable bonds is 2. The molecule has 4 nitrogen and oxygen atoms in total. The van der Waals surface area contributed by atoms with E-state index in [1.807, 2.05) is 12.1 Å². The summed E-state index contributed by atoms with van der Waals surface area (Å²) in [5.41, 5.74) is 7.19. The van der Waals surface area contributed by atoms with E-state index in [9.17, 15) is 0 Å². The molecule has 0 aliphatic carbocycles. The van der Waals surface area contributed by atoms with Crippen LogP contribution in [0.5, 0.6) is 0 Å². The Morgan fingerprint density at radius 2 is 2.22 bits per heavy atom. The fourth-order valence-electron chi connectivity index (χ4n) is 2.59. The van der Waals surface area contributed by atoms with E-state index in [4.69, 9.17) is 22.5 Å². The average molecular weight is 268 g/mol. The van der Waals surface area contributed by atoms with Crippen LogP contribution in [0.2, 0.25) is 5.02 Å². The molecule has 3 N–H and O–H groups in total. The van der Waals surface area contributed by atoms with Crippen molar-refractivity contribution in [3.8, 4) is 0 Å². The van der Waals surface area contributed by atoms with Gasteiger partial charge in [-0.2, -0.15) is 0 Å². The van der Waals surface area contributed by atoms with E-state index >= 15 is 0 Å². The molecule has 0 bridgehead atoms. The number of oxime groups is 1. The van der Waals surface area contributed by atoms with E-state index in [2.05, 4.69) is 23.9 Å². The van der Waals surface area contributed by atoms with Gasteiger partial charge < -0.3 is 15.8 Å². The second kappa shape index (κ2) is 5.06. The van der Waals surface area contributed by atoms with Gasteiger partial charge in [0.2, 0.25) is 0 Å². The first kappa shape index (κ1) is 13.0. The van der Waals surface area contributed by atoms with Crippen molar-refractivity contribution < 1.29 is 5.21 Å². The van der Waals surface area contributed by atoms with Crippen molar-refractivity contribution in [1.82, 2.24) is 0 Å². The Hall–Kier alpha value is -1.42. The largest absolute Gasteiger partial charge is 0.409 e. The molecule has 2 atom stereocenters. The van der Waals surface area contributed by atoms with Gasteiger partial charge in [-0.15, -0.1) is 0 Å². The highest BCUT2D eigenvalue weighted by Crippen LogP contribution is 2.34. The second-order valence-corrected chi connectivity index (χ2v) is 5.40. The van der Waals surface area contributed by atoms with Gasteiger partial charge in [0.05, 0.1) is 10.7 Å². The summed E-state index contributed by atoms with van der Waals surface area (Å²) in [5.74, 6) is 0.756. The molecule has 0 spiro atoms. The lowest BCUT2D eigenvalue weighted by molar-refractivity contribution is 0.318. The minimum absolute atomic E-state index is 0.0753. The molecule has 1 aromatic rings. The first-order chi connectivity index (χ1) is 8.52. The van der Waals surface area contributed by atoms with E-state index < -0.39 is 0 Å². The van der Waals surface area contributed by atoms with E-state index in [-0.39, 0.29) is 5.84 Å². The van der Waals surface area contributed by atoms with Crippen LogP contribution in [0.25, 0.3) is 0 Å². The van der Waals surface area contributed by atoms with Crippen molar-refractivity contribution in [3.63, 3.8) is 0 Å². The van der Waals surface area contributed by atoms with Crippen molar-refractivity contribution in [1.29, 1.82) is 0 Å². The van der Waals surface area contributed by atoms with Crippen molar-refractivity contribution in [2.75, 3.05) is 11.4 Å². The number of hydrogen-bond acceptors (Lipinski definition) is 3. The van der Waals surface area contributed by atoms with E-state index in [0.29, 0.717) is 22.5 Å². The van der Waals surface area contributed by atoms with Crippen molar-refractivity contribution in [2.45, 2.75) is 26.3 Å². The summed E-state index contributed by atoms with van der Waals surface area (Å²) in [7, 11) is 0. The highest BCUT2D eigenvalue weighted by Gasteiger charge is 2.27. The molecule has 1 heterocycles. The summed E-state index contributed by atoms with van der Waals surface area (Å²) in [5, 5.41) is 12.3. The third kappa shape index (κ3) is 2.38. The number of nitrogens with zero attached hydrogens (tertiary/aromatic N) is 2. The van der Waals surface area contributed by atoms with Crippen LogP contribution in [0.1, 0.15) is 25.8 Å². The molecular weight excluding hydrogens is 250 g/mol. The normalized spacial score (nSPS) is 24.6. The lowest BCUT2D eigenvalue weighted by Gasteiger charge is -2.25. The van der Waals surface area contributed by atoms with Crippen LogP contribution in [0.15, 0.2) is 23.4 Å². The molecule has 0 amide bonds. The van der Waals surface area contributed by atoms with Crippen LogP contribution in [0, 0.1) is 5.92 Å². The Labute approximate surface area is 112 Å². The number of anilines is 1. The van der Waals surface area contributed by atoms with Crippen LogP contribution >= 0.6 is 11.6 Å². The smallest absolute Gasteiger partial charge is 0.170 e. The zero-order valence-electron chi connectivity index (χ0n) is 10.6. The van der Waals surface area contributed by atoms with Crippen molar-refractivity contribution >= 4 is 23.1 Å². The third-order valence-electron chi connectivity index (χ3n) is 3.44. The molecule has 2 rings (SSSR count). The Kier molecular flexibility index (Phi) is 3.66. The van der Waals surface area contributed by atoms with Gasteiger partial charge >= 0.3 is 0 Å². The van der Waals surface area contributed by atoms with Gasteiger partial charge in [-0.05, 0) is 37.5 Å².